The SMILES string of the molecule is C[C@@H]1CCCN(S(=O)(=O)N2C[C@@H]3CCCC[C@]32c2ccccc2)C1. The van der Waals surface area contributed by atoms with Gasteiger partial charge in [-0.3, -0.25) is 0 Å². The first-order chi connectivity index (χ1) is 11.5. The molecule has 0 amide bonds. The van der Waals surface area contributed by atoms with E-state index in [1.54, 1.807) is 4.31 Å². The maximum Gasteiger partial charge on any atom is 0.282 e. The minimum absolute atomic E-state index is 0.293. The van der Waals surface area contributed by atoms with Crippen LogP contribution in [0.4, 0.5) is 0 Å². The van der Waals surface area contributed by atoms with Crippen molar-refractivity contribution in [1.82, 2.24) is 8.61 Å². The van der Waals surface area contributed by atoms with Gasteiger partial charge in [-0.25, -0.2) is 0 Å². The van der Waals surface area contributed by atoms with Crippen molar-refractivity contribution in [2.24, 2.45) is 11.8 Å². The molecule has 0 radical (unpaired) electrons. The summed E-state index contributed by atoms with van der Waals surface area (Å²) in [6.07, 6.45) is 6.58. The predicted octanol–water partition coefficient (Wildman–Crippen LogP) is 3.36. The van der Waals surface area contributed by atoms with E-state index in [0.717, 1.165) is 32.1 Å². The number of piperidine rings is 1. The number of hydrogen-bond acceptors (Lipinski definition) is 2. The first kappa shape index (κ1) is 16.6. The van der Waals surface area contributed by atoms with Gasteiger partial charge in [0.15, 0.2) is 0 Å². The number of hydrogen-bond donors (Lipinski definition) is 0. The van der Waals surface area contributed by atoms with Crippen LogP contribution in [0.25, 0.3) is 0 Å². The average Bonchev–Trinajstić information content (AvgIpc) is 2.57. The Hall–Kier alpha value is -0.910. The molecule has 1 aliphatic carbocycles. The second-order valence-corrected chi connectivity index (χ2v) is 9.73. The fourth-order valence-electron chi connectivity index (χ4n) is 5.10. The molecule has 0 N–H and O–H groups in total. The van der Waals surface area contributed by atoms with Gasteiger partial charge in [0.2, 0.25) is 0 Å². The lowest BCUT2D eigenvalue weighted by molar-refractivity contribution is -0.0551. The van der Waals surface area contributed by atoms with Crippen molar-refractivity contribution in [3.8, 4) is 0 Å². The molecule has 2 aliphatic heterocycles. The lowest BCUT2D eigenvalue weighted by atomic mass is 9.63. The summed E-state index contributed by atoms with van der Waals surface area (Å²) >= 11 is 0. The Bertz CT molecular complexity index is 691. The summed E-state index contributed by atoms with van der Waals surface area (Å²) in [6, 6.07) is 10.4. The molecule has 132 valence electrons. The largest absolute Gasteiger partial charge is 0.282 e. The zero-order chi connectivity index (χ0) is 16.8. The maximum atomic E-state index is 13.4. The van der Waals surface area contributed by atoms with Crippen molar-refractivity contribution in [2.45, 2.75) is 51.0 Å². The van der Waals surface area contributed by atoms with E-state index in [4.69, 9.17) is 0 Å². The van der Waals surface area contributed by atoms with Gasteiger partial charge in [0.05, 0.1) is 5.54 Å². The van der Waals surface area contributed by atoms with Crippen LogP contribution in [0.3, 0.4) is 0 Å². The second-order valence-electron chi connectivity index (χ2n) is 7.88. The molecule has 3 fully saturated rings. The van der Waals surface area contributed by atoms with Crippen molar-refractivity contribution in [3.05, 3.63) is 35.9 Å². The van der Waals surface area contributed by atoms with Crippen LogP contribution in [0, 0.1) is 11.8 Å². The minimum atomic E-state index is -3.37. The molecule has 3 atom stereocenters. The van der Waals surface area contributed by atoms with Crippen molar-refractivity contribution in [1.29, 1.82) is 0 Å². The Balaban J connectivity index is 1.69. The maximum absolute atomic E-state index is 13.4. The Labute approximate surface area is 146 Å². The summed E-state index contributed by atoms with van der Waals surface area (Å²) in [6.45, 7) is 4.21. The molecule has 24 heavy (non-hydrogen) atoms. The summed E-state index contributed by atoms with van der Waals surface area (Å²) in [5.41, 5.74) is 0.897. The Morgan fingerprint density at radius 1 is 1.04 bits per heavy atom. The Kier molecular flexibility index (Phi) is 4.22. The minimum Gasteiger partial charge on any atom is -0.195 e. The third-order valence-electron chi connectivity index (χ3n) is 6.37. The molecule has 1 aromatic carbocycles. The third kappa shape index (κ3) is 2.44. The highest BCUT2D eigenvalue weighted by molar-refractivity contribution is 7.86. The highest BCUT2D eigenvalue weighted by Gasteiger charge is 2.60. The molecule has 0 bridgehead atoms. The van der Waals surface area contributed by atoms with E-state index in [9.17, 15) is 8.42 Å². The van der Waals surface area contributed by atoms with Gasteiger partial charge in [0.25, 0.3) is 10.2 Å². The van der Waals surface area contributed by atoms with Crippen LogP contribution >= 0.6 is 0 Å². The van der Waals surface area contributed by atoms with Crippen LogP contribution in [-0.2, 0) is 15.7 Å². The summed E-state index contributed by atoms with van der Waals surface area (Å²) < 4.78 is 30.4. The first-order valence-corrected chi connectivity index (χ1v) is 10.8. The van der Waals surface area contributed by atoms with Crippen LogP contribution in [-0.4, -0.2) is 36.7 Å². The first-order valence-electron chi connectivity index (χ1n) is 9.38. The molecular formula is C19H28N2O2S. The zero-order valence-corrected chi connectivity index (χ0v) is 15.3. The van der Waals surface area contributed by atoms with Gasteiger partial charge in [-0.2, -0.15) is 17.0 Å². The van der Waals surface area contributed by atoms with Gasteiger partial charge in [-0.15, -0.1) is 0 Å². The fourth-order valence-corrected chi connectivity index (χ4v) is 7.30. The predicted molar refractivity (Wildman–Crippen MR) is 95.7 cm³/mol. The lowest BCUT2D eigenvalue weighted by Crippen LogP contribution is -2.69. The highest BCUT2D eigenvalue weighted by atomic mass is 32.2. The fraction of sp³-hybridized carbons (Fsp3) is 0.684. The summed E-state index contributed by atoms with van der Waals surface area (Å²) in [5, 5.41) is 0. The Morgan fingerprint density at radius 2 is 1.83 bits per heavy atom. The lowest BCUT2D eigenvalue weighted by Gasteiger charge is -2.61. The monoisotopic (exact) mass is 348 g/mol. The molecule has 2 saturated heterocycles. The zero-order valence-electron chi connectivity index (χ0n) is 14.5. The van der Waals surface area contributed by atoms with Gasteiger partial charge in [0.1, 0.15) is 0 Å². The number of rotatable bonds is 3. The number of benzene rings is 1. The number of fused-ring (bicyclic) bond motifs is 1. The summed E-state index contributed by atoms with van der Waals surface area (Å²) in [7, 11) is -3.37. The van der Waals surface area contributed by atoms with Crippen molar-refractivity contribution in [3.63, 3.8) is 0 Å². The van der Waals surface area contributed by atoms with Gasteiger partial charge in [-0.1, -0.05) is 50.1 Å². The topological polar surface area (TPSA) is 40.6 Å². The standard InChI is InChI=1S/C19H28N2O2S/c1-16-8-7-13-20(14-16)24(22,23)21-15-18-11-5-6-12-19(18,21)17-9-3-2-4-10-17/h2-4,9-10,16,18H,5-8,11-15H2,1H3/t16-,18+,19+/m1/s1. The molecular weight excluding hydrogens is 320 g/mol. The van der Waals surface area contributed by atoms with Crippen molar-refractivity contribution >= 4 is 10.2 Å². The van der Waals surface area contributed by atoms with Gasteiger partial charge in [0, 0.05) is 19.6 Å². The van der Waals surface area contributed by atoms with Gasteiger partial charge >= 0.3 is 0 Å². The van der Waals surface area contributed by atoms with Crippen LogP contribution in [0.15, 0.2) is 30.3 Å². The quantitative estimate of drug-likeness (QED) is 0.840. The highest BCUT2D eigenvalue weighted by Crippen LogP contribution is 2.55. The van der Waals surface area contributed by atoms with E-state index in [1.807, 2.05) is 22.5 Å². The molecule has 4 nitrogen and oxygen atoms in total. The van der Waals surface area contributed by atoms with Gasteiger partial charge < -0.3 is 0 Å². The van der Waals surface area contributed by atoms with E-state index in [1.165, 1.54) is 12.0 Å². The van der Waals surface area contributed by atoms with Crippen LogP contribution in [0.5, 0.6) is 0 Å². The Morgan fingerprint density at radius 3 is 2.54 bits per heavy atom. The molecule has 0 unspecified atom stereocenters. The second kappa shape index (κ2) is 6.11. The van der Waals surface area contributed by atoms with Crippen LogP contribution in [0.2, 0.25) is 0 Å². The van der Waals surface area contributed by atoms with Crippen LogP contribution in [0.1, 0.15) is 51.0 Å². The molecule has 1 saturated carbocycles. The van der Waals surface area contributed by atoms with E-state index in [-0.39, 0.29) is 5.54 Å². The normalized spacial score (nSPS) is 35.2. The molecule has 0 aromatic heterocycles. The molecule has 5 heteroatoms. The van der Waals surface area contributed by atoms with E-state index >= 15 is 0 Å². The molecule has 3 aliphatic rings. The smallest absolute Gasteiger partial charge is 0.195 e. The average molecular weight is 349 g/mol. The van der Waals surface area contributed by atoms with Crippen molar-refractivity contribution in [2.75, 3.05) is 19.6 Å². The summed E-state index contributed by atoms with van der Waals surface area (Å²) in [5.74, 6) is 0.940. The van der Waals surface area contributed by atoms with E-state index < -0.39 is 10.2 Å². The van der Waals surface area contributed by atoms with Crippen LogP contribution < -0.4 is 0 Å². The summed E-state index contributed by atoms with van der Waals surface area (Å²) in [4.78, 5) is 0. The van der Waals surface area contributed by atoms with E-state index in [0.29, 0.717) is 31.5 Å². The molecule has 2 heterocycles. The third-order valence-corrected chi connectivity index (χ3v) is 8.38. The van der Waals surface area contributed by atoms with Crippen molar-refractivity contribution < 1.29 is 8.42 Å². The molecule has 4 rings (SSSR count). The molecule has 1 aromatic rings. The van der Waals surface area contributed by atoms with E-state index in [2.05, 4.69) is 19.1 Å². The number of nitrogens with zero attached hydrogens (tertiary/aromatic N) is 2. The molecule has 0 spiro atoms. The van der Waals surface area contributed by atoms with Gasteiger partial charge in [-0.05, 0) is 43.1 Å².